The van der Waals surface area contributed by atoms with Crippen molar-refractivity contribution in [2.75, 3.05) is 0 Å². The highest BCUT2D eigenvalue weighted by molar-refractivity contribution is 5.85. The Kier molecular flexibility index (Phi) is 4.67. The molecule has 0 amide bonds. The maximum Gasteiger partial charge on any atom is 0.328 e. The fraction of sp³-hybridized carbons (Fsp3) is 0.0625. The number of carboxylic acid groups (broad SMARTS) is 1. The lowest BCUT2D eigenvalue weighted by atomic mass is 10.2. The Labute approximate surface area is 121 Å². The van der Waals surface area contributed by atoms with E-state index in [0.29, 0.717) is 23.5 Å². The zero-order valence-corrected chi connectivity index (χ0v) is 11.1. The summed E-state index contributed by atoms with van der Waals surface area (Å²) in [4.78, 5) is 14.5. The molecule has 0 radical (unpaired) electrons. The van der Waals surface area contributed by atoms with E-state index in [2.05, 4.69) is 11.1 Å². The van der Waals surface area contributed by atoms with Crippen LogP contribution < -0.4 is 4.74 Å². The molecule has 104 valence electrons. The van der Waals surface area contributed by atoms with E-state index in [9.17, 15) is 4.79 Å². The van der Waals surface area contributed by atoms with Crippen LogP contribution in [0.25, 0.3) is 6.08 Å². The summed E-state index contributed by atoms with van der Waals surface area (Å²) in [7, 11) is 0. The fourth-order valence-electron chi connectivity index (χ4n) is 1.65. The van der Waals surface area contributed by atoms with Crippen molar-refractivity contribution < 1.29 is 14.6 Å². The summed E-state index contributed by atoms with van der Waals surface area (Å²) in [5, 5.41) is 17.2. The van der Waals surface area contributed by atoms with Crippen molar-refractivity contribution in [2.45, 2.75) is 6.42 Å². The van der Waals surface area contributed by atoms with Gasteiger partial charge in [0.05, 0.1) is 18.7 Å². The van der Waals surface area contributed by atoms with Gasteiger partial charge in [0, 0.05) is 12.3 Å². The number of aromatic nitrogens is 1. The quantitative estimate of drug-likeness (QED) is 0.851. The maximum absolute atomic E-state index is 10.5. The summed E-state index contributed by atoms with van der Waals surface area (Å²) in [5.74, 6) is 0.114. The molecule has 0 atom stereocenters. The molecule has 1 aromatic carbocycles. The number of ether oxygens (including phenoxy) is 1. The second-order valence-electron chi connectivity index (χ2n) is 4.21. The van der Waals surface area contributed by atoms with Crippen LogP contribution in [0.2, 0.25) is 0 Å². The Morgan fingerprint density at radius 1 is 1.29 bits per heavy atom. The molecule has 0 spiro atoms. The molecule has 0 bridgehead atoms. The van der Waals surface area contributed by atoms with Gasteiger partial charge in [0.15, 0.2) is 0 Å². The molecule has 5 nitrogen and oxygen atoms in total. The monoisotopic (exact) mass is 280 g/mol. The molecule has 0 unspecified atom stereocenters. The molecule has 21 heavy (non-hydrogen) atoms. The fourth-order valence-corrected chi connectivity index (χ4v) is 1.65. The lowest BCUT2D eigenvalue weighted by molar-refractivity contribution is -0.131. The average molecular weight is 280 g/mol. The molecular formula is C16H12N2O3. The van der Waals surface area contributed by atoms with Crippen molar-refractivity contribution in [1.82, 2.24) is 4.98 Å². The molecule has 2 aromatic rings. The van der Waals surface area contributed by atoms with Crippen molar-refractivity contribution in [1.29, 1.82) is 5.26 Å². The van der Waals surface area contributed by atoms with Crippen LogP contribution in [0, 0.1) is 11.3 Å². The van der Waals surface area contributed by atoms with Crippen molar-refractivity contribution in [3.8, 4) is 17.6 Å². The SMILES string of the molecule is N#CCc1ccc(Oc2cncc(/C=C/C(=O)O)c2)cc1. The van der Waals surface area contributed by atoms with Gasteiger partial charge in [0.1, 0.15) is 11.5 Å². The third-order valence-electron chi connectivity index (χ3n) is 2.59. The van der Waals surface area contributed by atoms with E-state index in [1.807, 2.05) is 12.1 Å². The second-order valence-corrected chi connectivity index (χ2v) is 4.21. The van der Waals surface area contributed by atoms with E-state index in [1.165, 1.54) is 6.08 Å². The first-order valence-electron chi connectivity index (χ1n) is 6.17. The predicted octanol–water partition coefficient (Wildman–Crippen LogP) is 3.04. The number of nitrogens with zero attached hydrogens (tertiary/aromatic N) is 2. The van der Waals surface area contributed by atoms with Gasteiger partial charge in [-0.15, -0.1) is 0 Å². The van der Waals surface area contributed by atoms with Gasteiger partial charge in [-0.1, -0.05) is 12.1 Å². The number of aliphatic carboxylic acids is 1. The summed E-state index contributed by atoms with van der Waals surface area (Å²) in [6.45, 7) is 0. The Morgan fingerprint density at radius 3 is 2.71 bits per heavy atom. The number of pyridine rings is 1. The molecule has 1 heterocycles. The minimum atomic E-state index is -1.02. The van der Waals surface area contributed by atoms with Gasteiger partial charge in [-0.2, -0.15) is 5.26 Å². The van der Waals surface area contributed by atoms with Crippen LogP contribution in [-0.4, -0.2) is 16.1 Å². The largest absolute Gasteiger partial charge is 0.478 e. The van der Waals surface area contributed by atoms with E-state index in [1.54, 1.807) is 30.6 Å². The smallest absolute Gasteiger partial charge is 0.328 e. The van der Waals surface area contributed by atoms with E-state index in [-0.39, 0.29) is 0 Å². The second kappa shape index (κ2) is 6.87. The van der Waals surface area contributed by atoms with E-state index in [0.717, 1.165) is 11.6 Å². The van der Waals surface area contributed by atoms with Gasteiger partial charge in [-0.3, -0.25) is 4.98 Å². The topological polar surface area (TPSA) is 83.2 Å². The van der Waals surface area contributed by atoms with Crippen LogP contribution in [0.4, 0.5) is 0 Å². The Balaban J connectivity index is 2.10. The van der Waals surface area contributed by atoms with Gasteiger partial charge >= 0.3 is 5.97 Å². The molecular weight excluding hydrogens is 268 g/mol. The van der Waals surface area contributed by atoms with Crippen LogP contribution in [-0.2, 0) is 11.2 Å². The van der Waals surface area contributed by atoms with Gasteiger partial charge in [-0.25, -0.2) is 4.79 Å². The number of carbonyl (C=O) groups is 1. The first kappa shape index (κ1) is 14.3. The minimum Gasteiger partial charge on any atom is -0.478 e. The summed E-state index contributed by atoms with van der Waals surface area (Å²) in [6, 6.07) is 10.9. The van der Waals surface area contributed by atoms with E-state index in [4.69, 9.17) is 15.1 Å². The van der Waals surface area contributed by atoms with Crippen molar-refractivity contribution in [3.05, 3.63) is 59.9 Å². The van der Waals surface area contributed by atoms with Crippen molar-refractivity contribution in [2.24, 2.45) is 0 Å². The number of hydrogen-bond acceptors (Lipinski definition) is 4. The number of rotatable bonds is 5. The van der Waals surface area contributed by atoms with Crippen molar-refractivity contribution in [3.63, 3.8) is 0 Å². The molecule has 5 heteroatoms. The lowest BCUT2D eigenvalue weighted by Gasteiger charge is -2.06. The number of hydrogen-bond donors (Lipinski definition) is 1. The summed E-state index contributed by atoms with van der Waals surface area (Å²) in [6.07, 6.45) is 5.93. The molecule has 0 fully saturated rings. The van der Waals surface area contributed by atoms with Crippen LogP contribution >= 0.6 is 0 Å². The number of benzene rings is 1. The molecule has 1 N–H and O–H groups in total. The molecule has 0 saturated heterocycles. The highest BCUT2D eigenvalue weighted by Gasteiger charge is 2.00. The number of nitriles is 1. The standard InChI is InChI=1S/C16H12N2O3/c17-8-7-12-1-4-14(5-2-12)21-15-9-13(10-18-11-15)3-6-16(19)20/h1-6,9-11H,7H2,(H,19,20)/b6-3+. The zero-order chi connectivity index (χ0) is 15.1. The third-order valence-corrected chi connectivity index (χ3v) is 2.59. The van der Waals surface area contributed by atoms with E-state index < -0.39 is 5.97 Å². The van der Waals surface area contributed by atoms with Gasteiger partial charge in [0.2, 0.25) is 0 Å². The molecule has 0 aliphatic heterocycles. The molecule has 0 saturated carbocycles. The van der Waals surface area contributed by atoms with Gasteiger partial charge in [-0.05, 0) is 35.4 Å². The molecule has 1 aromatic heterocycles. The third kappa shape index (κ3) is 4.48. The highest BCUT2D eigenvalue weighted by atomic mass is 16.5. The zero-order valence-electron chi connectivity index (χ0n) is 11.1. The summed E-state index contributed by atoms with van der Waals surface area (Å²) >= 11 is 0. The van der Waals surface area contributed by atoms with Gasteiger partial charge in [0.25, 0.3) is 0 Å². The normalized spacial score (nSPS) is 10.2. The highest BCUT2D eigenvalue weighted by Crippen LogP contribution is 2.22. The minimum absolute atomic E-state index is 0.358. The predicted molar refractivity (Wildman–Crippen MR) is 76.7 cm³/mol. The van der Waals surface area contributed by atoms with Crippen LogP contribution in [0.15, 0.2) is 48.8 Å². The van der Waals surface area contributed by atoms with Crippen molar-refractivity contribution >= 4 is 12.0 Å². The first-order valence-corrected chi connectivity index (χ1v) is 6.17. The molecule has 2 rings (SSSR count). The Bertz CT molecular complexity index is 700. The summed E-state index contributed by atoms with van der Waals surface area (Å²) < 4.78 is 5.63. The molecule has 0 aliphatic carbocycles. The van der Waals surface area contributed by atoms with Crippen LogP contribution in [0.5, 0.6) is 11.5 Å². The van der Waals surface area contributed by atoms with Gasteiger partial charge < -0.3 is 9.84 Å². The number of carboxylic acids is 1. The lowest BCUT2D eigenvalue weighted by Crippen LogP contribution is -1.89. The Morgan fingerprint density at radius 2 is 2.05 bits per heavy atom. The van der Waals surface area contributed by atoms with Crippen LogP contribution in [0.1, 0.15) is 11.1 Å². The van der Waals surface area contributed by atoms with E-state index >= 15 is 0 Å². The first-order chi connectivity index (χ1) is 10.2. The molecule has 0 aliphatic rings. The Hall–Kier alpha value is -3.13. The van der Waals surface area contributed by atoms with Crippen LogP contribution in [0.3, 0.4) is 0 Å². The maximum atomic E-state index is 10.5. The average Bonchev–Trinajstić information content (AvgIpc) is 2.48. The summed E-state index contributed by atoms with van der Waals surface area (Å²) in [5.41, 5.74) is 1.55.